The van der Waals surface area contributed by atoms with Crippen molar-refractivity contribution in [1.29, 1.82) is 0 Å². The molecule has 0 saturated carbocycles. The van der Waals surface area contributed by atoms with Crippen molar-refractivity contribution in [3.8, 4) is 5.75 Å². The zero-order chi connectivity index (χ0) is 16.2. The molecule has 1 aromatic carbocycles. The smallest absolute Gasteiger partial charge is 0.207 e. The molecule has 1 aliphatic rings. The highest BCUT2D eigenvalue weighted by Gasteiger charge is 2.19. The van der Waals surface area contributed by atoms with Crippen molar-refractivity contribution in [3.05, 3.63) is 71.1 Å². The van der Waals surface area contributed by atoms with Gasteiger partial charge in [-0.1, -0.05) is 23.9 Å². The van der Waals surface area contributed by atoms with E-state index in [9.17, 15) is 0 Å². The number of halogens is 1. The molecule has 0 radical (unpaired) electrons. The Morgan fingerprint density at radius 2 is 1.92 bits per heavy atom. The fourth-order valence-electron chi connectivity index (χ4n) is 2.51. The molecular formula is C19H21IN2OS. The molecule has 2 heterocycles. The Morgan fingerprint density at radius 3 is 2.58 bits per heavy atom. The van der Waals surface area contributed by atoms with Gasteiger partial charge in [-0.2, -0.15) is 4.57 Å². The third-order valence-electron chi connectivity index (χ3n) is 3.84. The lowest BCUT2D eigenvalue weighted by Crippen LogP contribution is -3.00. The Morgan fingerprint density at radius 1 is 1.17 bits per heavy atom. The number of hydrogen-bond acceptors (Lipinski definition) is 3. The number of rotatable bonds is 4. The number of methoxy groups -OCH3 is 1. The molecule has 0 aliphatic carbocycles. The van der Waals surface area contributed by atoms with Gasteiger partial charge in [-0.25, -0.2) is 0 Å². The highest BCUT2D eigenvalue weighted by molar-refractivity contribution is 8.12. The summed E-state index contributed by atoms with van der Waals surface area (Å²) in [6, 6.07) is 14.5. The monoisotopic (exact) mass is 452 g/mol. The van der Waals surface area contributed by atoms with Crippen molar-refractivity contribution in [2.75, 3.05) is 14.2 Å². The molecule has 3 nitrogen and oxygen atoms in total. The molecule has 0 bridgehead atoms. The molecule has 126 valence electrons. The minimum absolute atomic E-state index is 0. The van der Waals surface area contributed by atoms with Crippen LogP contribution in [-0.2, 0) is 6.54 Å². The lowest BCUT2D eigenvalue weighted by atomic mass is 10.2. The summed E-state index contributed by atoms with van der Waals surface area (Å²) >= 11 is 1.79. The first-order chi connectivity index (χ1) is 11.2. The van der Waals surface area contributed by atoms with Gasteiger partial charge in [0, 0.05) is 36.4 Å². The molecule has 0 unspecified atom stereocenters. The standard InChI is InChI=1S/C19H21N2OS.HI/c1-4-21-12-6-5-7-16(21)13-19-20(2)14-18(23-19)15-8-10-17(22-3)11-9-15;/h5-14H,4H2,1-3H3;1H/q+1;/p-1. The average molecular weight is 452 g/mol. The molecule has 3 rings (SSSR count). The van der Waals surface area contributed by atoms with Gasteiger partial charge in [0.2, 0.25) is 5.69 Å². The summed E-state index contributed by atoms with van der Waals surface area (Å²) in [5.41, 5.74) is 2.43. The summed E-state index contributed by atoms with van der Waals surface area (Å²) in [4.78, 5) is 3.43. The molecule has 0 saturated heterocycles. The van der Waals surface area contributed by atoms with E-state index >= 15 is 0 Å². The number of pyridine rings is 1. The topological polar surface area (TPSA) is 16.4 Å². The first-order valence-corrected chi connectivity index (χ1v) is 8.50. The van der Waals surface area contributed by atoms with E-state index in [1.807, 2.05) is 12.1 Å². The normalized spacial score (nSPS) is 15.2. The molecule has 2 aromatic rings. The lowest BCUT2D eigenvalue weighted by Gasteiger charge is -2.09. The van der Waals surface area contributed by atoms with E-state index in [0.717, 1.165) is 12.3 Å². The van der Waals surface area contributed by atoms with Crippen molar-refractivity contribution in [2.45, 2.75) is 13.5 Å². The lowest BCUT2D eigenvalue weighted by molar-refractivity contribution is -0.695. The maximum Gasteiger partial charge on any atom is 0.207 e. The summed E-state index contributed by atoms with van der Waals surface area (Å²) < 4.78 is 7.47. The molecular weight excluding hydrogens is 431 g/mol. The molecule has 0 atom stereocenters. The average Bonchev–Trinajstić information content (AvgIpc) is 2.96. The van der Waals surface area contributed by atoms with Crippen LogP contribution in [0.25, 0.3) is 11.0 Å². The number of aromatic nitrogens is 1. The van der Waals surface area contributed by atoms with Gasteiger partial charge in [-0.15, -0.1) is 0 Å². The predicted molar refractivity (Wildman–Crippen MR) is 96.6 cm³/mol. The number of aryl methyl sites for hydroxylation is 1. The zero-order valence-corrected chi connectivity index (χ0v) is 17.0. The van der Waals surface area contributed by atoms with Gasteiger partial charge in [-0.3, -0.25) is 0 Å². The fraction of sp³-hybridized carbons (Fsp3) is 0.211. The molecule has 5 heteroatoms. The van der Waals surface area contributed by atoms with Crippen molar-refractivity contribution in [3.63, 3.8) is 0 Å². The maximum absolute atomic E-state index is 5.23. The van der Waals surface area contributed by atoms with Gasteiger partial charge in [0.15, 0.2) is 6.20 Å². The van der Waals surface area contributed by atoms with Crippen LogP contribution in [0.1, 0.15) is 18.2 Å². The van der Waals surface area contributed by atoms with Crippen LogP contribution < -0.4 is 33.3 Å². The fourth-order valence-corrected chi connectivity index (χ4v) is 3.57. The van der Waals surface area contributed by atoms with Crippen LogP contribution in [-0.4, -0.2) is 19.1 Å². The van der Waals surface area contributed by atoms with Crippen LogP contribution in [0.4, 0.5) is 0 Å². The van der Waals surface area contributed by atoms with E-state index in [0.29, 0.717) is 0 Å². The van der Waals surface area contributed by atoms with Crippen molar-refractivity contribution < 1.29 is 33.3 Å². The first-order valence-electron chi connectivity index (χ1n) is 7.68. The zero-order valence-electron chi connectivity index (χ0n) is 14.1. The second-order valence-electron chi connectivity index (χ2n) is 5.33. The Labute approximate surface area is 165 Å². The van der Waals surface area contributed by atoms with Crippen LogP contribution in [0.15, 0.2) is 59.9 Å². The molecule has 1 aromatic heterocycles. The van der Waals surface area contributed by atoms with E-state index in [4.69, 9.17) is 4.74 Å². The van der Waals surface area contributed by atoms with Gasteiger partial charge in [-0.05, 0) is 30.7 Å². The summed E-state index contributed by atoms with van der Waals surface area (Å²) in [5.74, 6) is 0.884. The van der Waals surface area contributed by atoms with Crippen molar-refractivity contribution in [2.24, 2.45) is 0 Å². The summed E-state index contributed by atoms with van der Waals surface area (Å²) in [6.45, 7) is 3.13. The van der Waals surface area contributed by atoms with E-state index in [2.05, 4.69) is 72.2 Å². The van der Waals surface area contributed by atoms with Crippen molar-refractivity contribution >= 4 is 22.7 Å². The summed E-state index contributed by atoms with van der Waals surface area (Å²) in [5, 5.41) is 1.23. The van der Waals surface area contributed by atoms with Gasteiger partial charge in [0.1, 0.15) is 12.3 Å². The molecule has 1 aliphatic heterocycles. The van der Waals surface area contributed by atoms with Crippen LogP contribution in [0, 0.1) is 0 Å². The number of nitrogens with zero attached hydrogens (tertiary/aromatic N) is 2. The van der Waals surface area contributed by atoms with E-state index < -0.39 is 0 Å². The van der Waals surface area contributed by atoms with E-state index in [-0.39, 0.29) is 24.0 Å². The summed E-state index contributed by atoms with van der Waals surface area (Å²) in [7, 11) is 3.78. The van der Waals surface area contributed by atoms with E-state index in [1.165, 1.54) is 21.2 Å². The minimum Gasteiger partial charge on any atom is -1.00 e. The predicted octanol–water partition coefficient (Wildman–Crippen LogP) is 0.982. The van der Waals surface area contributed by atoms with Crippen LogP contribution >= 0.6 is 11.8 Å². The Balaban J connectivity index is 0.00000208. The highest BCUT2D eigenvalue weighted by Crippen LogP contribution is 2.42. The van der Waals surface area contributed by atoms with Crippen LogP contribution in [0.2, 0.25) is 0 Å². The Bertz CT molecular complexity index is 756. The number of ether oxygens (including phenoxy) is 1. The molecule has 24 heavy (non-hydrogen) atoms. The van der Waals surface area contributed by atoms with Gasteiger partial charge >= 0.3 is 0 Å². The number of benzene rings is 1. The SMILES string of the molecule is CC[n+]1ccccc1/C=C1\SC(c2ccc(OC)cc2)=CN1C.[I-]. The minimum atomic E-state index is 0. The van der Waals surface area contributed by atoms with E-state index in [1.54, 1.807) is 18.9 Å². The van der Waals surface area contributed by atoms with Gasteiger partial charge in [0.25, 0.3) is 0 Å². The second-order valence-corrected chi connectivity index (χ2v) is 6.39. The summed E-state index contributed by atoms with van der Waals surface area (Å²) in [6.07, 6.45) is 6.53. The maximum atomic E-state index is 5.23. The van der Waals surface area contributed by atoms with Crippen molar-refractivity contribution in [1.82, 2.24) is 4.90 Å². The number of hydrogen-bond donors (Lipinski definition) is 0. The van der Waals surface area contributed by atoms with Gasteiger partial charge in [0.05, 0.1) is 12.1 Å². The van der Waals surface area contributed by atoms with Crippen LogP contribution in [0.5, 0.6) is 5.75 Å². The highest BCUT2D eigenvalue weighted by atomic mass is 127. The van der Waals surface area contributed by atoms with Crippen LogP contribution in [0.3, 0.4) is 0 Å². The largest absolute Gasteiger partial charge is 1.00 e. The van der Waals surface area contributed by atoms with Gasteiger partial charge < -0.3 is 33.6 Å². The quantitative estimate of drug-likeness (QED) is 0.509. The molecule has 0 amide bonds. The second kappa shape index (κ2) is 8.58. The Hall–Kier alpha value is -1.47. The third kappa shape index (κ3) is 4.13. The number of thioether (sulfide) groups is 1. The first kappa shape index (κ1) is 18.9. The third-order valence-corrected chi connectivity index (χ3v) is 5.01. The molecule has 0 N–H and O–H groups in total. The molecule has 0 spiro atoms. The Kier molecular flexibility index (Phi) is 6.74. The molecule has 0 fully saturated rings.